The Morgan fingerprint density at radius 3 is 2.95 bits per heavy atom. The minimum atomic E-state index is 0.0509. The summed E-state index contributed by atoms with van der Waals surface area (Å²) in [5, 5.41) is 2.81. The molecule has 1 aromatic carbocycles. The van der Waals surface area contributed by atoms with Crippen LogP contribution in [0.25, 0.3) is 11.0 Å². The number of nitrogens with one attached hydrogen (secondary N) is 1. The van der Waals surface area contributed by atoms with Crippen molar-refractivity contribution >= 4 is 16.9 Å². The van der Waals surface area contributed by atoms with Gasteiger partial charge in [-0.1, -0.05) is 12.1 Å². The number of carbonyl (C=O) groups excluding carboxylic acids is 1. The van der Waals surface area contributed by atoms with Gasteiger partial charge in [-0.15, -0.1) is 0 Å². The van der Waals surface area contributed by atoms with Gasteiger partial charge in [-0.3, -0.25) is 4.79 Å². The summed E-state index contributed by atoms with van der Waals surface area (Å²) in [6.45, 7) is 1.70. The van der Waals surface area contributed by atoms with Gasteiger partial charge in [0.1, 0.15) is 5.82 Å². The number of nitrogens with two attached hydrogens (primary N) is 1. The highest BCUT2D eigenvalue weighted by atomic mass is 16.1. The number of carbonyl (C=O) groups is 1. The summed E-state index contributed by atoms with van der Waals surface area (Å²) in [5.74, 6) is 1.77. The van der Waals surface area contributed by atoms with E-state index in [-0.39, 0.29) is 5.91 Å². The van der Waals surface area contributed by atoms with Crippen molar-refractivity contribution in [3.63, 3.8) is 0 Å². The van der Waals surface area contributed by atoms with Crippen LogP contribution in [0.5, 0.6) is 0 Å². The van der Waals surface area contributed by atoms with Crippen molar-refractivity contribution in [1.82, 2.24) is 14.9 Å². The van der Waals surface area contributed by atoms with Crippen LogP contribution < -0.4 is 11.1 Å². The zero-order valence-corrected chi connectivity index (χ0v) is 11.5. The van der Waals surface area contributed by atoms with Crippen molar-refractivity contribution in [1.29, 1.82) is 0 Å². The predicted octanol–water partition coefficient (Wildman–Crippen LogP) is 1.38. The van der Waals surface area contributed by atoms with Crippen LogP contribution in [0.1, 0.15) is 31.0 Å². The number of fused-ring (bicyclic) bond motifs is 1. The van der Waals surface area contributed by atoms with E-state index in [1.165, 1.54) is 12.8 Å². The van der Waals surface area contributed by atoms with Gasteiger partial charge in [-0.2, -0.15) is 0 Å². The molecule has 2 aromatic rings. The zero-order valence-electron chi connectivity index (χ0n) is 11.5. The molecule has 1 saturated carbocycles. The lowest BCUT2D eigenvalue weighted by atomic mass is 10.3. The van der Waals surface area contributed by atoms with E-state index >= 15 is 0 Å². The number of rotatable bonds is 6. The Morgan fingerprint density at radius 1 is 1.40 bits per heavy atom. The van der Waals surface area contributed by atoms with Crippen molar-refractivity contribution < 1.29 is 4.79 Å². The maximum absolute atomic E-state index is 11.7. The number of amides is 1. The standard InChI is InChI=1S/C15H20N4O/c16-8-9-17-14(20)7-10-19-13-4-2-1-3-12(13)18-15(19)11-5-6-11/h1-4,11H,5-10,16H2,(H,17,20). The first-order valence-electron chi connectivity index (χ1n) is 7.21. The van der Waals surface area contributed by atoms with Crippen molar-refractivity contribution in [3.8, 4) is 0 Å². The van der Waals surface area contributed by atoms with Crippen LogP contribution in [0.15, 0.2) is 24.3 Å². The summed E-state index contributed by atoms with van der Waals surface area (Å²) in [6.07, 6.45) is 2.89. The van der Waals surface area contributed by atoms with Gasteiger partial charge in [0.15, 0.2) is 0 Å². The number of benzene rings is 1. The van der Waals surface area contributed by atoms with E-state index < -0.39 is 0 Å². The van der Waals surface area contributed by atoms with Crippen molar-refractivity contribution in [2.24, 2.45) is 5.73 Å². The molecule has 1 heterocycles. The van der Waals surface area contributed by atoms with E-state index in [2.05, 4.69) is 16.0 Å². The first-order valence-corrected chi connectivity index (χ1v) is 7.21. The Balaban J connectivity index is 1.79. The average Bonchev–Trinajstić information content (AvgIpc) is 3.24. The third kappa shape index (κ3) is 2.67. The molecule has 1 aromatic heterocycles. The van der Waals surface area contributed by atoms with Crippen LogP contribution in [0.2, 0.25) is 0 Å². The molecule has 0 atom stereocenters. The molecule has 1 aliphatic carbocycles. The molecule has 5 nitrogen and oxygen atoms in total. The highest BCUT2D eigenvalue weighted by Crippen LogP contribution is 2.40. The quantitative estimate of drug-likeness (QED) is 0.834. The molecule has 0 aliphatic heterocycles. The lowest BCUT2D eigenvalue weighted by Gasteiger charge is -2.09. The topological polar surface area (TPSA) is 72.9 Å². The summed E-state index contributed by atoms with van der Waals surface area (Å²) >= 11 is 0. The van der Waals surface area contributed by atoms with E-state index in [1.807, 2.05) is 18.2 Å². The fraction of sp³-hybridized carbons (Fsp3) is 0.467. The number of hydrogen-bond acceptors (Lipinski definition) is 3. The number of nitrogens with zero attached hydrogens (tertiary/aromatic N) is 2. The maximum atomic E-state index is 11.7. The van der Waals surface area contributed by atoms with Crippen LogP contribution in [-0.2, 0) is 11.3 Å². The molecule has 0 saturated heterocycles. The lowest BCUT2D eigenvalue weighted by Crippen LogP contribution is -2.29. The molecule has 1 fully saturated rings. The second kappa shape index (κ2) is 5.63. The molecule has 1 aliphatic rings. The van der Waals surface area contributed by atoms with Gasteiger partial charge < -0.3 is 15.6 Å². The molecule has 0 unspecified atom stereocenters. The minimum Gasteiger partial charge on any atom is -0.355 e. The maximum Gasteiger partial charge on any atom is 0.221 e. The number of aryl methyl sites for hydroxylation is 1. The highest BCUT2D eigenvalue weighted by Gasteiger charge is 2.29. The molecule has 5 heteroatoms. The van der Waals surface area contributed by atoms with Crippen molar-refractivity contribution in [2.45, 2.75) is 31.7 Å². The fourth-order valence-corrected chi connectivity index (χ4v) is 2.50. The molecular formula is C15H20N4O. The van der Waals surface area contributed by atoms with Gasteiger partial charge in [0.2, 0.25) is 5.91 Å². The van der Waals surface area contributed by atoms with Gasteiger partial charge in [-0.25, -0.2) is 4.98 Å². The van der Waals surface area contributed by atoms with Crippen LogP contribution in [-0.4, -0.2) is 28.5 Å². The first kappa shape index (κ1) is 13.1. The molecule has 0 radical (unpaired) electrons. The van der Waals surface area contributed by atoms with Crippen molar-refractivity contribution in [3.05, 3.63) is 30.1 Å². The molecule has 20 heavy (non-hydrogen) atoms. The third-order valence-electron chi connectivity index (χ3n) is 3.66. The molecule has 3 rings (SSSR count). The average molecular weight is 272 g/mol. The number of aromatic nitrogens is 2. The van der Waals surface area contributed by atoms with Crippen LogP contribution >= 0.6 is 0 Å². The Hall–Kier alpha value is -1.88. The number of imidazole rings is 1. The first-order chi connectivity index (χ1) is 9.79. The van der Waals surface area contributed by atoms with Crippen LogP contribution in [0.3, 0.4) is 0 Å². The highest BCUT2D eigenvalue weighted by molar-refractivity contribution is 5.78. The van der Waals surface area contributed by atoms with Gasteiger partial charge in [0.25, 0.3) is 0 Å². The van der Waals surface area contributed by atoms with E-state index in [9.17, 15) is 4.79 Å². The Morgan fingerprint density at radius 2 is 2.20 bits per heavy atom. The Kier molecular flexibility index (Phi) is 3.69. The van der Waals surface area contributed by atoms with Gasteiger partial charge in [-0.05, 0) is 25.0 Å². The largest absolute Gasteiger partial charge is 0.355 e. The van der Waals surface area contributed by atoms with E-state index in [1.54, 1.807) is 0 Å². The molecule has 1 amide bonds. The summed E-state index contributed by atoms with van der Waals surface area (Å²) < 4.78 is 2.20. The summed E-state index contributed by atoms with van der Waals surface area (Å²) in [7, 11) is 0. The summed E-state index contributed by atoms with van der Waals surface area (Å²) in [5.41, 5.74) is 7.53. The van der Waals surface area contributed by atoms with Gasteiger partial charge in [0, 0.05) is 32.0 Å². The van der Waals surface area contributed by atoms with Crippen LogP contribution in [0, 0.1) is 0 Å². The second-order valence-electron chi connectivity index (χ2n) is 5.27. The van der Waals surface area contributed by atoms with E-state index in [0.717, 1.165) is 16.9 Å². The van der Waals surface area contributed by atoms with Gasteiger partial charge in [0.05, 0.1) is 11.0 Å². The Bertz CT molecular complexity index is 615. The lowest BCUT2D eigenvalue weighted by molar-refractivity contribution is -0.121. The van der Waals surface area contributed by atoms with Crippen molar-refractivity contribution in [2.75, 3.05) is 13.1 Å². The monoisotopic (exact) mass is 272 g/mol. The smallest absolute Gasteiger partial charge is 0.221 e. The number of hydrogen-bond donors (Lipinski definition) is 2. The number of para-hydroxylation sites is 2. The van der Waals surface area contributed by atoms with Crippen LogP contribution in [0.4, 0.5) is 0 Å². The Labute approximate surface area is 118 Å². The SMILES string of the molecule is NCCNC(=O)CCn1c(C2CC2)nc2ccccc21. The summed E-state index contributed by atoms with van der Waals surface area (Å²) in [6, 6.07) is 8.13. The third-order valence-corrected chi connectivity index (χ3v) is 3.66. The summed E-state index contributed by atoms with van der Waals surface area (Å²) in [4.78, 5) is 16.5. The minimum absolute atomic E-state index is 0.0509. The molecule has 0 spiro atoms. The van der Waals surface area contributed by atoms with E-state index in [0.29, 0.717) is 32.0 Å². The molecule has 3 N–H and O–H groups in total. The normalized spacial score (nSPS) is 14.7. The molecule has 0 bridgehead atoms. The second-order valence-corrected chi connectivity index (χ2v) is 5.27. The van der Waals surface area contributed by atoms with E-state index in [4.69, 9.17) is 10.7 Å². The predicted molar refractivity (Wildman–Crippen MR) is 78.4 cm³/mol. The molecular weight excluding hydrogens is 252 g/mol. The molecule has 106 valence electrons. The fourth-order valence-electron chi connectivity index (χ4n) is 2.50. The van der Waals surface area contributed by atoms with Gasteiger partial charge >= 0.3 is 0 Å². The zero-order chi connectivity index (χ0) is 13.9.